The minimum absolute atomic E-state index is 0. The maximum atomic E-state index is 13.4. The molecule has 0 aromatic heterocycles. The third-order valence-corrected chi connectivity index (χ3v) is 8.55. The largest absolute Gasteiger partial charge is 1.00 e. The number of carbonyl (C=O) groups is 3. The van der Waals surface area contributed by atoms with Crippen molar-refractivity contribution in [3.63, 3.8) is 0 Å². The molecule has 0 amide bonds. The Morgan fingerprint density at radius 1 is 1.18 bits per heavy atom. The van der Waals surface area contributed by atoms with E-state index in [-0.39, 0.29) is 94.9 Å². The summed E-state index contributed by atoms with van der Waals surface area (Å²) in [6.07, 6.45) is 6.03. The van der Waals surface area contributed by atoms with Crippen LogP contribution in [-0.4, -0.2) is 44.7 Å². The molecule has 3 N–H and O–H groups in total. The van der Waals surface area contributed by atoms with E-state index in [2.05, 4.69) is 6.92 Å². The number of hydrogen-bond acceptors (Lipinski definition) is 8. The first-order valence-corrected chi connectivity index (χ1v) is 12.2. The number of Topliss-reactive ketones (excluding diaryl/α,β-unsaturated/α-hetero) is 2. The van der Waals surface area contributed by atoms with Gasteiger partial charge in [0.1, 0.15) is 18.0 Å². The molecular weight excluding hydrogens is 485 g/mol. The summed E-state index contributed by atoms with van der Waals surface area (Å²) in [6, 6.07) is 0. The number of phosphoric acid groups is 1. The summed E-state index contributed by atoms with van der Waals surface area (Å²) < 4.78 is 8.66. The quantitative estimate of drug-likeness (QED) is 0.239. The van der Waals surface area contributed by atoms with Gasteiger partial charge in [-0.2, -0.15) is 0 Å². The normalized spacial score (nSPS) is 38.4. The molecule has 3 saturated carbocycles. The average Bonchev–Trinajstić information content (AvgIpc) is 2.92. The van der Waals surface area contributed by atoms with Crippen molar-refractivity contribution >= 4 is 25.2 Å². The Morgan fingerprint density at radius 2 is 1.74 bits per heavy atom. The summed E-state index contributed by atoms with van der Waals surface area (Å²) in [4.78, 5) is 62.1. The van der Waals surface area contributed by atoms with E-state index in [1.165, 1.54) is 0 Å². The monoisotopic (exact) mass is 514 g/mol. The summed E-state index contributed by atoms with van der Waals surface area (Å²) in [5, 5.41) is 20.6. The molecule has 0 spiro atoms. The number of aliphatic hydroxyl groups is 2. The van der Waals surface area contributed by atoms with Crippen LogP contribution >= 0.6 is 7.82 Å². The fraction of sp³-hybridized carbons (Fsp3) is 0.682. The van der Waals surface area contributed by atoms with E-state index >= 15 is 0 Å². The Kier molecular flexibility index (Phi) is 10.6. The summed E-state index contributed by atoms with van der Waals surface area (Å²) in [6.45, 7) is 5.17. The molecule has 6 atom stereocenters. The van der Waals surface area contributed by atoms with Crippen LogP contribution in [0.25, 0.3) is 0 Å². The molecular formula is C22H29Na2O9P. The molecule has 0 bridgehead atoms. The minimum atomic E-state index is -5.14. The molecule has 0 heterocycles. The number of allylic oxidation sites excluding steroid dienone is 4. The van der Waals surface area contributed by atoms with Crippen LogP contribution in [0.4, 0.5) is 0 Å². The first kappa shape index (κ1) is 32.5. The Labute approximate surface area is 243 Å². The van der Waals surface area contributed by atoms with E-state index in [9.17, 15) is 24.6 Å². The van der Waals surface area contributed by atoms with Crippen LogP contribution in [-0.2, 0) is 18.9 Å². The Morgan fingerprint density at radius 3 is 2.26 bits per heavy atom. The third-order valence-electron chi connectivity index (χ3n) is 8.55. The van der Waals surface area contributed by atoms with E-state index in [0.717, 1.165) is 24.0 Å². The Balaban J connectivity index is 0.000000752. The Hall–Kier alpha value is 0.520. The molecule has 0 radical (unpaired) electrons. The van der Waals surface area contributed by atoms with Gasteiger partial charge in [-0.25, -0.2) is 0 Å². The van der Waals surface area contributed by atoms with Crippen LogP contribution in [0.5, 0.6) is 0 Å². The molecule has 3 fully saturated rings. The molecule has 4 rings (SSSR count). The van der Waals surface area contributed by atoms with Gasteiger partial charge in [-0.1, -0.05) is 25.0 Å². The maximum Gasteiger partial charge on any atom is 1.00 e. The van der Waals surface area contributed by atoms with Crippen LogP contribution in [0.2, 0.25) is 0 Å². The van der Waals surface area contributed by atoms with Crippen molar-refractivity contribution in [2.45, 2.75) is 58.5 Å². The predicted molar refractivity (Wildman–Crippen MR) is 108 cm³/mol. The van der Waals surface area contributed by atoms with E-state index < -0.39 is 36.6 Å². The van der Waals surface area contributed by atoms with Crippen molar-refractivity contribution in [3.05, 3.63) is 23.3 Å². The molecule has 4 aliphatic carbocycles. The number of fused-ring (bicyclic) bond motifs is 5. The van der Waals surface area contributed by atoms with Gasteiger partial charge in [-0.15, -0.1) is 0 Å². The van der Waals surface area contributed by atoms with Gasteiger partial charge in [0, 0.05) is 23.2 Å². The van der Waals surface area contributed by atoms with Crippen molar-refractivity contribution in [1.29, 1.82) is 0 Å². The van der Waals surface area contributed by atoms with Gasteiger partial charge < -0.3 is 29.5 Å². The number of rotatable bonds is 2. The van der Waals surface area contributed by atoms with Gasteiger partial charge in [0.15, 0.2) is 11.6 Å². The van der Waals surface area contributed by atoms with E-state index in [1.807, 2.05) is 13.8 Å². The second-order valence-electron chi connectivity index (χ2n) is 9.90. The van der Waals surface area contributed by atoms with E-state index in [1.54, 1.807) is 12.2 Å². The van der Waals surface area contributed by atoms with Gasteiger partial charge >= 0.3 is 59.1 Å². The number of aliphatic hydroxyl groups excluding tert-OH is 1. The molecule has 0 aromatic rings. The van der Waals surface area contributed by atoms with Crippen LogP contribution in [0, 0.1) is 28.6 Å². The molecule has 9 nitrogen and oxygen atoms in total. The second-order valence-corrected chi connectivity index (χ2v) is 10.8. The van der Waals surface area contributed by atoms with Crippen LogP contribution in [0.15, 0.2) is 23.3 Å². The molecule has 4 aliphatic rings. The van der Waals surface area contributed by atoms with Gasteiger partial charge in [0.05, 0.1) is 7.82 Å². The second kappa shape index (κ2) is 11.1. The molecule has 0 aliphatic heterocycles. The van der Waals surface area contributed by atoms with Crippen molar-refractivity contribution in [3.8, 4) is 0 Å². The summed E-state index contributed by atoms with van der Waals surface area (Å²) in [5.41, 5.74) is -0.916. The van der Waals surface area contributed by atoms with Crippen LogP contribution in [0.1, 0.15) is 52.9 Å². The smallest absolute Gasteiger partial charge is 0.790 e. The number of carbonyl (C=O) groups excluding carboxylic acids is 3. The van der Waals surface area contributed by atoms with Crippen molar-refractivity contribution in [2.75, 3.05) is 6.61 Å². The SMILES string of the molecule is CC1=CC(=O)C=C2CC[C@@H]3[C@H](C(=O)C[C@@]4(C)[C@H]3CC[C@]4(O)C(=O)CO)[C@@]12C.O=P([O-])([O-])O.[Na+].[Na+]. The zero-order valence-electron chi connectivity index (χ0n) is 20.4. The van der Waals surface area contributed by atoms with E-state index in [4.69, 9.17) is 19.2 Å². The van der Waals surface area contributed by atoms with Crippen molar-refractivity contribution in [2.24, 2.45) is 28.6 Å². The van der Waals surface area contributed by atoms with Gasteiger partial charge in [-0.3, -0.25) is 14.4 Å². The fourth-order valence-electron chi connectivity index (χ4n) is 6.97. The average molecular weight is 514 g/mol. The molecule has 0 aromatic carbocycles. The zero-order valence-corrected chi connectivity index (χ0v) is 25.3. The number of ketones is 3. The zero-order chi connectivity index (χ0) is 24.3. The molecule has 34 heavy (non-hydrogen) atoms. The van der Waals surface area contributed by atoms with Crippen molar-refractivity contribution < 1.29 is 103 Å². The third kappa shape index (κ3) is 5.38. The van der Waals surface area contributed by atoms with Crippen LogP contribution in [0.3, 0.4) is 0 Å². The standard InChI is InChI=1S/C22H28O5.2Na.H3O4P/c1-12-8-14(24)9-13-4-5-15-16-6-7-22(27,18(26)11-23)20(16,2)10-17(25)19(15)21(12,13)3;;;1-5(2,3)4/h8-9,15-16,19,23,27H,4-7,10-11H2,1-3H3;;;(H3,1,2,3,4)/q;2*+1;/p-2/t15-,16-,19+,20-,21-,22-;;;/m0.../s1. The van der Waals surface area contributed by atoms with Gasteiger partial charge in [0.25, 0.3) is 0 Å². The predicted octanol–water partition coefficient (Wildman–Crippen LogP) is -6.03. The first-order valence-electron chi connectivity index (χ1n) is 10.7. The maximum absolute atomic E-state index is 13.4. The Bertz CT molecular complexity index is 965. The minimum Gasteiger partial charge on any atom is -0.790 e. The van der Waals surface area contributed by atoms with Gasteiger partial charge in [0.2, 0.25) is 0 Å². The topological polar surface area (TPSA) is 175 Å². The molecule has 0 unspecified atom stereocenters. The number of hydrogen-bond donors (Lipinski definition) is 3. The van der Waals surface area contributed by atoms with Crippen LogP contribution < -0.4 is 68.9 Å². The molecule has 0 saturated heterocycles. The summed E-state index contributed by atoms with van der Waals surface area (Å²) in [5.74, 6) is -0.581. The van der Waals surface area contributed by atoms with Gasteiger partial charge in [-0.05, 0) is 56.6 Å². The summed E-state index contributed by atoms with van der Waals surface area (Å²) in [7, 11) is -5.14. The first-order chi connectivity index (χ1) is 14.6. The molecule has 178 valence electrons. The molecule has 12 heteroatoms. The summed E-state index contributed by atoms with van der Waals surface area (Å²) >= 11 is 0. The van der Waals surface area contributed by atoms with Crippen molar-refractivity contribution in [1.82, 2.24) is 0 Å². The van der Waals surface area contributed by atoms with E-state index in [0.29, 0.717) is 12.8 Å². The fourth-order valence-corrected chi connectivity index (χ4v) is 6.97.